The fourth-order valence-corrected chi connectivity index (χ4v) is 3.12. The van der Waals surface area contributed by atoms with Crippen LogP contribution in [0.2, 0.25) is 0 Å². The summed E-state index contributed by atoms with van der Waals surface area (Å²) in [7, 11) is 3.27. The first kappa shape index (κ1) is 17.3. The molecule has 2 N–H and O–H groups in total. The normalized spacial score (nSPS) is 14.2. The van der Waals surface area contributed by atoms with Gasteiger partial charge in [-0.15, -0.1) is 0 Å². The molecular formula is C18H23N4O2S+. The van der Waals surface area contributed by atoms with E-state index in [9.17, 15) is 0 Å². The minimum atomic E-state index is 0.708. The molecule has 1 fully saturated rings. The van der Waals surface area contributed by atoms with Crippen molar-refractivity contribution in [3.05, 3.63) is 42.6 Å². The molecule has 2 aromatic rings. The van der Waals surface area contributed by atoms with E-state index in [1.54, 1.807) is 14.2 Å². The number of benzene rings is 1. The first-order valence-electron chi connectivity index (χ1n) is 8.21. The van der Waals surface area contributed by atoms with Crippen LogP contribution in [0.25, 0.3) is 0 Å². The van der Waals surface area contributed by atoms with Crippen molar-refractivity contribution in [2.45, 2.75) is 0 Å². The molecule has 6 nitrogen and oxygen atoms in total. The van der Waals surface area contributed by atoms with Crippen LogP contribution >= 0.6 is 12.2 Å². The van der Waals surface area contributed by atoms with Crippen LogP contribution in [0.4, 0.5) is 11.5 Å². The summed E-state index contributed by atoms with van der Waals surface area (Å²) in [6.45, 7) is 3.57. The Hall–Kier alpha value is -2.54. The highest BCUT2D eigenvalue weighted by Crippen LogP contribution is 2.29. The van der Waals surface area contributed by atoms with Gasteiger partial charge in [-0.1, -0.05) is 6.07 Å². The van der Waals surface area contributed by atoms with E-state index in [0.29, 0.717) is 10.9 Å². The number of hydrogen-bond acceptors (Lipinski definition) is 4. The molecule has 1 aromatic carbocycles. The molecule has 1 aliphatic rings. The fourth-order valence-electron chi connectivity index (χ4n) is 2.83. The number of ether oxygens (including phenoxy) is 2. The topological polar surface area (TPSA) is 51.1 Å². The molecule has 7 heteroatoms. The standard InChI is InChI=1S/C18H22N4O2S/c1-23-14-6-7-15(16(13-14)24-2)20-18(25)22-11-9-21(10-12-22)17-5-3-4-8-19-17/h3-8,13H,9-12H2,1-2H3,(H,20,25)/p+1. The number of aromatic nitrogens is 1. The van der Waals surface area contributed by atoms with Crippen LogP contribution in [0.5, 0.6) is 11.5 Å². The number of aromatic amines is 1. The molecule has 0 atom stereocenters. The molecule has 0 aliphatic carbocycles. The number of anilines is 2. The summed E-state index contributed by atoms with van der Waals surface area (Å²) in [5.41, 5.74) is 0.840. The first-order valence-corrected chi connectivity index (χ1v) is 8.61. The van der Waals surface area contributed by atoms with Gasteiger partial charge in [0.05, 0.1) is 39.2 Å². The number of rotatable bonds is 4. The minimum absolute atomic E-state index is 0.708. The summed E-state index contributed by atoms with van der Waals surface area (Å²) >= 11 is 5.58. The van der Waals surface area contributed by atoms with Crippen molar-refractivity contribution in [2.75, 3.05) is 50.6 Å². The maximum atomic E-state index is 5.58. The van der Waals surface area contributed by atoms with Gasteiger partial charge in [0.2, 0.25) is 0 Å². The third kappa shape index (κ3) is 4.11. The Labute approximate surface area is 153 Å². The average Bonchev–Trinajstić information content (AvgIpc) is 2.69. The fraction of sp³-hybridized carbons (Fsp3) is 0.333. The van der Waals surface area contributed by atoms with Gasteiger partial charge in [-0.25, -0.2) is 4.98 Å². The summed E-state index contributed by atoms with van der Waals surface area (Å²) in [4.78, 5) is 7.78. The van der Waals surface area contributed by atoms with Gasteiger partial charge in [0.25, 0.3) is 5.82 Å². The molecule has 25 heavy (non-hydrogen) atoms. The zero-order chi connectivity index (χ0) is 17.6. The summed E-state index contributed by atoms with van der Waals surface area (Å²) in [5.74, 6) is 2.60. The minimum Gasteiger partial charge on any atom is -0.497 e. The van der Waals surface area contributed by atoms with E-state index in [-0.39, 0.29) is 0 Å². The van der Waals surface area contributed by atoms with Crippen molar-refractivity contribution >= 4 is 28.8 Å². The Bertz CT molecular complexity index is 718. The van der Waals surface area contributed by atoms with E-state index >= 15 is 0 Å². The van der Waals surface area contributed by atoms with E-state index in [0.717, 1.165) is 43.4 Å². The molecule has 1 aromatic heterocycles. The van der Waals surface area contributed by atoms with Gasteiger partial charge in [-0.3, -0.25) is 4.90 Å². The number of thiocarbonyl (C=S) groups is 1. The molecule has 0 unspecified atom stereocenters. The molecule has 2 heterocycles. The van der Waals surface area contributed by atoms with Crippen LogP contribution in [-0.4, -0.2) is 50.4 Å². The summed E-state index contributed by atoms with van der Waals surface area (Å²) in [6.07, 6.45) is 1.95. The third-order valence-corrected chi connectivity index (χ3v) is 4.61. The molecule has 132 valence electrons. The second-order valence-corrected chi connectivity index (χ2v) is 6.10. The van der Waals surface area contributed by atoms with E-state index < -0.39 is 0 Å². The van der Waals surface area contributed by atoms with E-state index in [4.69, 9.17) is 21.7 Å². The zero-order valence-electron chi connectivity index (χ0n) is 14.5. The van der Waals surface area contributed by atoms with Crippen molar-refractivity contribution < 1.29 is 14.5 Å². The third-order valence-electron chi connectivity index (χ3n) is 4.25. The van der Waals surface area contributed by atoms with Gasteiger partial charge >= 0.3 is 0 Å². The summed E-state index contributed by atoms with van der Waals surface area (Å²) < 4.78 is 10.6. The number of H-pyrrole nitrogens is 1. The van der Waals surface area contributed by atoms with Crippen LogP contribution in [-0.2, 0) is 0 Å². The quantitative estimate of drug-likeness (QED) is 0.843. The number of methoxy groups -OCH3 is 2. The molecule has 0 amide bonds. The number of pyridine rings is 1. The van der Waals surface area contributed by atoms with Gasteiger partial charge in [0.1, 0.15) is 24.6 Å². The number of nitrogens with zero attached hydrogens (tertiary/aromatic N) is 2. The molecule has 0 radical (unpaired) electrons. The molecule has 1 aliphatic heterocycles. The molecular weight excluding hydrogens is 336 g/mol. The maximum absolute atomic E-state index is 5.58. The van der Waals surface area contributed by atoms with Gasteiger partial charge in [-0.05, 0) is 30.4 Å². The highest BCUT2D eigenvalue weighted by molar-refractivity contribution is 7.80. The lowest BCUT2D eigenvalue weighted by atomic mass is 10.2. The number of nitrogens with one attached hydrogen (secondary N) is 2. The average molecular weight is 359 g/mol. The summed E-state index contributed by atoms with van der Waals surface area (Å²) in [5, 5.41) is 4.00. The molecule has 0 bridgehead atoms. The van der Waals surface area contributed by atoms with Crippen molar-refractivity contribution in [1.29, 1.82) is 0 Å². The Balaban J connectivity index is 1.60. The number of piperazine rings is 1. The van der Waals surface area contributed by atoms with Gasteiger partial charge in [-0.2, -0.15) is 0 Å². The lowest BCUT2D eigenvalue weighted by Gasteiger charge is -2.33. The Kier molecular flexibility index (Phi) is 5.55. The highest BCUT2D eigenvalue weighted by atomic mass is 32.1. The Morgan fingerprint density at radius 2 is 1.88 bits per heavy atom. The van der Waals surface area contributed by atoms with Gasteiger partial charge < -0.3 is 19.7 Å². The zero-order valence-corrected chi connectivity index (χ0v) is 15.3. The predicted octanol–water partition coefficient (Wildman–Crippen LogP) is 2.04. The Morgan fingerprint density at radius 3 is 2.52 bits per heavy atom. The molecule has 3 rings (SSSR count). The van der Waals surface area contributed by atoms with Crippen molar-refractivity contribution in [2.24, 2.45) is 0 Å². The van der Waals surface area contributed by atoms with Crippen LogP contribution < -0.4 is 24.7 Å². The van der Waals surface area contributed by atoms with Crippen LogP contribution in [0.3, 0.4) is 0 Å². The molecule has 0 saturated carbocycles. The van der Waals surface area contributed by atoms with Crippen molar-refractivity contribution in [3.8, 4) is 11.5 Å². The van der Waals surface area contributed by atoms with E-state index in [1.165, 1.54) is 0 Å². The van der Waals surface area contributed by atoms with Crippen molar-refractivity contribution in [3.63, 3.8) is 0 Å². The van der Waals surface area contributed by atoms with Crippen LogP contribution in [0, 0.1) is 0 Å². The molecule has 1 saturated heterocycles. The number of hydrogen-bond donors (Lipinski definition) is 1. The van der Waals surface area contributed by atoms with E-state index in [2.05, 4.69) is 26.2 Å². The van der Waals surface area contributed by atoms with Crippen LogP contribution in [0.15, 0.2) is 42.6 Å². The van der Waals surface area contributed by atoms with Gasteiger partial charge in [0, 0.05) is 12.1 Å². The predicted molar refractivity (Wildman–Crippen MR) is 103 cm³/mol. The van der Waals surface area contributed by atoms with Gasteiger partial charge in [0.15, 0.2) is 5.11 Å². The summed E-state index contributed by atoms with van der Waals surface area (Å²) in [6, 6.07) is 11.8. The lowest BCUT2D eigenvalue weighted by molar-refractivity contribution is -0.364. The monoisotopic (exact) mass is 359 g/mol. The van der Waals surface area contributed by atoms with E-state index in [1.807, 2.05) is 36.5 Å². The largest absolute Gasteiger partial charge is 0.497 e. The smallest absolute Gasteiger partial charge is 0.274 e. The Morgan fingerprint density at radius 1 is 1.08 bits per heavy atom. The second kappa shape index (κ2) is 8.02. The first-order chi connectivity index (χ1) is 12.2. The van der Waals surface area contributed by atoms with Crippen LogP contribution in [0.1, 0.15) is 0 Å². The molecule has 0 spiro atoms. The second-order valence-electron chi connectivity index (χ2n) is 5.72. The highest BCUT2D eigenvalue weighted by Gasteiger charge is 2.24. The lowest BCUT2D eigenvalue weighted by Crippen LogP contribution is -2.51. The van der Waals surface area contributed by atoms with Crippen molar-refractivity contribution in [1.82, 2.24) is 4.90 Å². The SMILES string of the molecule is COc1ccc(NC(=S)N2CCN(c3cccc[nH+]3)CC2)c(OC)c1. The maximum Gasteiger partial charge on any atom is 0.274 e.